The van der Waals surface area contributed by atoms with Crippen molar-refractivity contribution in [1.82, 2.24) is 0 Å². The number of hydrogen-bond donors (Lipinski definition) is 2. The molecule has 3 N–H and O–H groups in total. The third-order valence-corrected chi connectivity index (χ3v) is 0.179. The molecule has 0 aromatic heterocycles. The van der Waals surface area contributed by atoms with Gasteiger partial charge in [-0.2, -0.15) is 0 Å². The zero-order valence-corrected chi connectivity index (χ0v) is 2.93. The molecule has 0 aromatic carbocycles. The standard InChI is InChI=1S/C3H7NO2/c4-2-1-3(5)6/h1-2,4H2,(H,5,6)/i1D2,2D2. The zero-order chi connectivity index (χ0) is 8.58. The first kappa shape index (κ1) is 1.50. The molecule has 0 unspecified atom stereocenters. The predicted molar refractivity (Wildman–Crippen MR) is 21.3 cm³/mol. The molecule has 0 rings (SSSR count). The third-order valence-electron chi connectivity index (χ3n) is 0.179. The highest BCUT2D eigenvalue weighted by Gasteiger charge is 1.87. The van der Waals surface area contributed by atoms with Gasteiger partial charge in [0.05, 0.1) is 6.37 Å². The molecular weight excluding hydrogens is 82.0 g/mol. The van der Waals surface area contributed by atoms with Crippen LogP contribution in [0.3, 0.4) is 0 Å². The maximum atomic E-state index is 9.97. The van der Waals surface area contributed by atoms with E-state index in [9.17, 15) is 4.79 Å². The van der Waals surface area contributed by atoms with Gasteiger partial charge in [-0.1, -0.05) is 0 Å². The van der Waals surface area contributed by atoms with Crippen LogP contribution in [0.15, 0.2) is 0 Å². The van der Waals surface area contributed by atoms with Crippen molar-refractivity contribution in [2.45, 2.75) is 6.37 Å². The summed E-state index contributed by atoms with van der Waals surface area (Å²) in [7, 11) is 0. The van der Waals surface area contributed by atoms with Crippen LogP contribution in [-0.4, -0.2) is 17.6 Å². The second kappa shape index (κ2) is 2.66. The molecule has 6 heavy (non-hydrogen) atoms. The van der Waals surface area contributed by atoms with Crippen molar-refractivity contribution >= 4 is 5.97 Å². The van der Waals surface area contributed by atoms with E-state index in [1.807, 2.05) is 0 Å². The summed E-state index contributed by atoms with van der Waals surface area (Å²) in [5.74, 6) is -1.90. The number of carbonyl (C=O) groups is 1. The first-order valence-electron chi connectivity index (χ1n) is 3.22. The Morgan fingerprint density at radius 1 is 2.17 bits per heavy atom. The molecule has 0 aliphatic heterocycles. The summed E-state index contributed by atoms with van der Waals surface area (Å²) >= 11 is 0. The van der Waals surface area contributed by atoms with Crippen LogP contribution in [0.2, 0.25) is 0 Å². The molecule has 0 amide bonds. The van der Waals surface area contributed by atoms with Crippen LogP contribution in [0.25, 0.3) is 0 Å². The van der Waals surface area contributed by atoms with Crippen LogP contribution in [0, 0.1) is 0 Å². The summed E-state index contributed by atoms with van der Waals surface area (Å²) in [6.07, 6.45) is -3.03. The average Bonchev–Trinajstić information content (AvgIpc) is 1.62. The zero-order valence-electron chi connectivity index (χ0n) is 6.93. The largest absolute Gasteiger partial charge is 0.481 e. The maximum absolute atomic E-state index is 9.97. The second-order valence-electron chi connectivity index (χ2n) is 0.574. The molecule has 0 fully saturated rings. The molecule has 3 heteroatoms. The fourth-order valence-corrected chi connectivity index (χ4v) is 0.0617. The summed E-state index contributed by atoms with van der Waals surface area (Å²) in [5, 5.41) is 8.08. The topological polar surface area (TPSA) is 63.3 Å². The molecule has 36 valence electrons. The maximum Gasteiger partial charge on any atom is 0.304 e. The Bertz CT molecular complexity index is 151. The van der Waals surface area contributed by atoms with Crippen molar-refractivity contribution in [3.63, 3.8) is 0 Å². The molecule has 0 radical (unpaired) electrons. The van der Waals surface area contributed by atoms with Gasteiger partial charge in [0, 0.05) is 12.0 Å². The van der Waals surface area contributed by atoms with Crippen LogP contribution in [0.5, 0.6) is 0 Å². The van der Waals surface area contributed by atoms with Gasteiger partial charge in [0.25, 0.3) is 0 Å². The van der Waals surface area contributed by atoms with Crippen molar-refractivity contribution in [3.8, 4) is 0 Å². The predicted octanol–water partition coefficient (Wildman–Crippen LogP) is -0.580. The minimum atomic E-state index is -3.03. The minimum Gasteiger partial charge on any atom is -0.481 e. The fraction of sp³-hybridized carbons (Fsp3) is 0.667. The van der Waals surface area contributed by atoms with Gasteiger partial charge in [-0.05, 0) is 0 Å². The van der Waals surface area contributed by atoms with Crippen molar-refractivity contribution in [2.75, 3.05) is 6.50 Å². The Morgan fingerprint density at radius 3 is 2.67 bits per heavy atom. The molecule has 0 spiro atoms. The molecule has 0 aromatic rings. The Hall–Kier alpha value is -0.570. The molecule has 3 nitrogen and oxygen atoms in total. The lowest BCUT2D eigenvalue weighted by Crippen LogP contribution is -2.05. The van der Waals surface area contributed by atoms with Crippen LogP contribution in [0.1, 0.15) is 11.9 Å². The van der Waals surface area contributed by atoms with E-state index in [-0.39, 0.29) is 0 Å². The van der Waals surface area contributed by atoms with Gasteiger partial charge in [0.15, 0.2) is 0 Å². The highest BCUT2D eigenvalue weighted by atomic mass is 16.4. The smallest absolute Gasteiger partial charge is 0.304 e. The molecule has 0 saturated heterocycles. The SMILES string of the molecule is [2H]C([2H])(N)C([2H])([2H])C(=O)O. The minimum absolute atomic E-state index is 1.90. The van der Waals surface area contributed by atoms with Gasteiger partial charge in [0.2, 0.25) is 0 Å². The lowest BCUT2D eigenvalue weighted by molar-refractivity contribution is -0.136. The van der Waals surface area contributed by atoms with Crippen LogP contribution in [-0.2, 0) is 4.79 Å². The van der Waals surface area contributed by atoms with Crippen molar-refractivity contribution < 1.29 is 15.4 Å². The van der Waals surface area contributed by atoms with E-state index >= 15 is 0 Å². The number of rotatable bonds is 2. The molecule has 0 aliphatic rings. The highest BCUT2D eigenvalue weighted by Crippen LogP contribution is 1.67. The quantitative estimate of drug-likeness (QED) is 0.480. The Morgan fingerprint density at radius 2 is 2.67 bits per heavy atom. The van der Waals surface area contributed by atoms with E-state index in [0.717, 1.165) is 0 Å². The van der Waals surface area contributed by atoms with E-state index in [2.05, 4.69) is 5.73 Å². The Balaban J connectivity index is 4.57. The normalized spacial score (nSPS) is 22.8. The van der Waals surface area contributed by atoms with Crippen LogP contribution in [0.4, 0.5) is 0 Å². The molecule has 0 aliphatic carbocycles. The van der Waals surface area contributed by atoms with E-state index < -0.39 is 18.8 Å². The highest BCUT2D eigenvalue weighted by molar-refractivity contribution is 5.66. The van der Waals surface area contributed by atoms with Crippen LogP contribution < -0.4 is 5.73 Å². The summed E-state index contributed by atoms with van der Waals surface area (Å²) < 4.78 is 26.3. The summed E-state index contributed by atoms with van der Waals surface area (Å²) in [6.45, 7) is -2.85. The van der Waals surface area contributed by atoms with Crippen LogP contribution >= 0.6 is 0 Å². The monoisotopic (exact) mass is 93.1 g/mol. The first-order valence-corrected chi connectivity index (χ1v) is 1.22. The third kappa shape index (κ3) is 3.43. The van der Waals surface area contributed by atoms with Gasteiger partial charge in [-0.25, -0.2) is 0 Å². The summed E-state index contributed by atoms with van der Waals surface area (Å²) in [6, 6.07) is 0. The number of nitrogens with two attached hydrogens (primary N) is 1. The first-order chi connectivity index (χ1) is 4.19. The van der Waals surface area contributed by atoms with E-state index in [1.165, 1.54) is 0 Å². The van der Waals surface area contributed by atoms with E-state index in [4.69, 9.17) is 10.6 Å². The van der Waals surface area contributed by atoms with Gasteiger partial charge in [0.1, 0.15) is 0 Å². The molecule has 0 heterocycles. The number of carboxylic acids is 1. The van der Waals surface area contributed by atoms with Gasteiger partial charge in [-0.15, -0.1) is 0 Å². The van der Waals surface area contributed by atoms with E-state index in [0.29, 0.717) is 0 Å². The lowest BCUT2D eigenvalue weighted by Gasteiger charge is -1.80. The second-order valence-corrected chi connectivity index (χ2v) is 0.574. The lowest BCUT2D eigenvalue weighted by atomic mass is 10.5. The molecular formula is C3H7NO2. The average molecular weight is 93.1 g/mol. The fourth-order valence-electron chi connectivity index (χ4n) is 0.0617. The number of carboxylic acid groups (broad SMARTS) is 1. The van der Waals surface area contributed by atoms with Crippen molar-refractivity contribution in [2.24, 2.45) is 5.73 Å². The number of hydrogen-bond acceptors (Lipinski definition) is 2. The summed E-state index contributed by atoms with van der Waals surface area (Å²) in [4.78, 5) is 9.97. The molecule has 0 saturated carbocycles. The van der Waals surface area contributed by atoms with E-state index in [1.54, 1.807) is 0 Å². The molecule has 0 atom stereocenters. The Labute approximate surface area is 41.4 Å². The Kier molecular flexibility index (Phi) is 0.664. The van der Waals surface area contributed by atoms with Gasteiger partial charge < -0.3 is 10.8 Å². The van der Waals surface area contributed by atoms with Crippen molar-refractivity contribution in [3.05, 3.63) is 0 Å². The van der Waals surface area contributed by atoms with Gasteiger partial charge >= 0.3 is 5.97 Å². The van der Waals surface area contributed by atoms with Crippen molar-refractivity contribution in [1.29, 1.82) is 0 Å². The van der Waals surface area contributed by atoms with Gasteiger partial charge in [-0.3, -0.25) is 4.79 Å². The molecule has 0 bridgehead atoms. The summed E-state index contributed by atoms with van der Waals surface area (Å²) in [5.41, 5.74) is 4.59. The number of aliphatic carboxylic acids is 1.